The number of carbonyl (C=O) groups excluding carboxylic acids is 1. The number of hydrogen-bond donors (Lipinski definition) is 1. The number of ketones is 1. The van der Waals surface area contributed by atoms with Gasteiger partial charge in [0.15, 0.2) is 5.78 Å². The zero-order valence-corrected chi connectivity index (χ0v) is 14.7. The maximum Gasteiger partial charge on any atom is 0.295 e. The molecule has 0 aromatic heterocycles. The molecule has 0 aliphatic heterocycles. The van der Waals surface area contributed by atoms with Gasteiger partial charge in [-0.3, -0.25) is 9.35 Å². The number of allylic oxidation sites excluding steroid dienone is 1. The van der Waals surface area contributed by atoms with Crippen molar-refractivity contribution < 1.29 is 17.8 Å². The Morgan fingerprint density at radius 2 is 1.91 bits per heavy atom. The van der Waals surface area contributed by atoms with Crippen LogP contribution in [0.25, 0.3) is 6.08 Å². The molecule has 2 saturated carbocycles. The molecule has 0 amide bonds. The first-order valence-electron chi connectivity index (χ1n) is 7.83. The van der Waals surface area contributed by atoms with Gasteiger partial charge in [-0.25, -0.2) is 0 Å². The third-order valence-corrected chi connectivity index (χ3v) is 7.03. The van der Waals surface area contributed by atoms with Gasteiger partial charge < -0.3 is 0 Å². The van der Waals surface area contributed by atoms with E-state index in [1.807, 2.05) is 6.92 Å². The molecule has 124 valence electrons. The Bertz CT molecular complexity index is 833. The van der Waals surface area contributed by atoms with Crippen molar-refractivity contribution in [2.45, 2.75) is 45.4 Å². The van der Waals surface area contributed by atoms with Gasteiger partial charge in [0, 0.05) is 11.0 Å². The molecule has 2 bridgehead atoms. The van der Waals surface area contributed by atoms with E-state index < -0.39 is 10.1 Å². The van der Waals surface area contributed by atoms with Gasteiger partial charge in [-0.15, -0.1) is 0 Å². The Morgan fingerprint density at radius 1 is 1.26 bits per heavy atom. The highest BCUT2D eigenvalue weighted by atomic mass is 32.2. The zero-order valence-electron chi connectivity index (χ0n) is 13.9. The van der Waals surface area contributed by atoms with Gasteiger partial charge in [-0.2, -0.15) is 8.42 Å². The highest BCUT2D eigenvalue weighted by molar-refractivity contribution is 7.85. The lowest BCUT2D eigenvalue weighted by Crippen LogP contribution is -2.32. The Labute approximate surface area is 137 Å². The maximum atomic E-state index is 12.9. The fourth-order valence-electron chi connectivity index (χ4n) is 4.25. The monoisotopic (exact) mass is 334 g/mol. The Kier molecular flexibility index (Phi) is 3.40. The van der Waals surface area contributed by atoms with Crippen LogP contribution in [0.2, 0.25) is 0 Å². The first-order valence-corrected chi connectivity index (χ1v) is 9.27. The van der Waals surface area contributed by atoms with Gasteiger partial charge in [0.25, 0.3) is 10.1 Å². The molecular weight excluding hydrogens is 312 g/mol. The lowest BCUT2D eigenvalue weighted by Gasteiger charge is -2.31. The van der Waals surface area contributed by atoms with Crippen molar-refractivity contribution >= 4 is 22.0 Å². The van der Waals surface area contributed by atoms with E-state index in [0.29, 0.717) is 11.1 Å². The molecule has 3 rings (SSSR count). The van der Waals surface area contributed by atoms with E-state index in [1.54, 1.807) is 25.1 Å². The van der Waals surface area contributed by atoms with Crippen molar-refractivity contribution in [1.82, 2.24) is 0 Å². The van der Waals surface area contributed by atoms with Gasteiger partial charge in [-0.1, -0.05) is 32.9 Å². The summed E-state index contributed by atoms with van der Waals surface area (Å²) in [5, 5.41) is 0. The summed E-state index contributed by atoms with van der Waals surface area (Å²) >= 11 is 0. The number of hydrogen-bond acceptors (Lipinski definition) is 3. The van der Waals surface area contributed by atoms with Crippen molar-refractivity contribution in [3.63, 3.8) is 0 Å². The fraction of sp³-hybridized carbons (Fsp3) is 0.500. The highest BCUT2D eigenvalue weighted by Crippen LogP contribution is 2.65. The molecule has 1 unspecified atom stereocenters. The zero-order chi connectivity index (χ0) is 17.2. The maximum absolute atomic E-state index is 12.9. The summed E-state index contributed by atoms with van der Waals surface area (Å²) in [6, 6.07) is 4.87. The molecule has 1 aromatic rings. The molecule has 0 radical (unpaired) electrons. The average Bonchev–Trinajstić information content (AvgIpc) is 2.74. The second-order valence-electron chi connectivity index (χ2n) is 7.59. The lowest BCUT2D eigenvalue weighted by atomic mass is 9.70. The molecule has 0 saturated heterocycles. The first-order chi connectivity index (χ1) is 10.5. The second-order valence-corrected chi connectivity index (χ2v) is 8.98. The van der Waals surface area contributed by atoms with Crippen LogP contribution in [0.5, 0.6) is 0 Å². The molecule has 5 heteroatoms. The van der Waals surface area contributed by atoms with E-state index >= 15 is 0 Å². The average molecular weight is 334 g/mol. The smallest absolute Gasteiger partial charge is 0.294 e. The third kappa shape index (κ3) is 2.21. The van der Waals surface area contributed by atoms with Crippen molar-refractivity contribution in [3.05, 3.63) is 34.9 Å². The van der Waals surface area contributed by atoms with Crippen LogP contribution in [0.1, 0.15) is 44.7 Å². The molecule has 2 atom stereocenters. The second kappa shape index (κ2) is 4.77. The number of fused-ring (bicyclic) bond motifs is 2. The van der Waals surface area contributed by atoms with Gasteiger partial charge >= 0.3 is 0 Å². The molecule has 2 aliphatic carbocycles. The van der Waals surface area contributed by atoms with Crippen LogP contribution in [0.15, 0.2) is 28.7 Å². The van der Waals surface area contributed by atoms with Crippen LogP contribution < -0.4 is 0 Å². The summed E-state index contributed by atoms with van der Waals surface area (Å²) < 4.78 is 32.8. The van der Waals surface area contributed by atoms with Crippen LogP contribution in [-0.2, 0) is 14.9 Å². The number of aryl methyl sites for hydroxylation is 1. The minimum absolute atomic E-state index is 0.112. The predicted octanol–water partition coefficient (Wildman–Crippen LogP) is 3.65. The van der Waals surface area contributed by atoms with Gasteiger partial charge in [-0.05, 0) is 54.4 Å². The SMILES string of the molecule is Cc1ccc(C=C2C(=O)[C@]3(C)CCC2C3(C)C)c(S(=O)(=O)O)c1. The number of carbonyl (C=O) groups is 1. The number of Topliss-reactive ketones (excluding diaryl/α,β-unsaturated/α-hetero) is 1. The fourth-order valence-corrected chi connectivity index (χ4v) is 5.01. The Hall–Kier alpha value is -1.46. The Balaban J connectivity index is 2.17. The molecule has 0 heterocycles. The number of rotatable bonds is 2. The number of benzene rings is 1. The molecule has 0 spiro atoms. The van der Waals surface area contributed by atoms with Crippen molar-refractivity contribution in [3.8, 4) is 0 Å². The quantitative estimate of drug-likeness (QED) is 0.662. The minimum atomic E-state index is -4.33. The summed E-state index contributed by atoms with van der Waals surface area (Å²) in [5.41, 5.74) is 1.31. The van der Waals surface area contributed by atoms with Gasteiger partial charge in [0.1, 0.15) is 4.90 Å². The van der Waals surface area contributed by atoms with Crippen molar-refractivity contribution in [2.75, 3.05) is 0 Å². The summed E-state index contributed by atoms with van der Waals surface area (Å²) in [6.07, 6.45) is 3.48. The van der Waals surface area contributed by atoms with Gasteiger partial charge in [0.05, 0.1) is 0 Å². The minimum Gasteiger partial charge on any atom is -0.294 e. The topological polar surface area (TPSA) is 71.4 Å². The predicted molar refractivity (Wildman–Crippen MR) is 88.6 cm³/mol. The van der Waals surface area contributed by atoms with Crippen LogP contribution >= 0.6 is 0 Å². The summed E-state index contributed by atoms with van der Waals surface area (Å²) in [7, 11) is -4.33. The van der Waals surface area contributed by atoms with Gasteiger partial charge in [0.2, 0.25) is 0 Å². The third-order valence-electron chi connectivity index (χ3n) is 6.12. The Morgan fingerprint density at radius 3 is 2.43 bits per heavy atom. The van der Waals surface area contributed by atoms with E-state index in [1.165, 1.54) is 6.07 Å². The van der Waals surface area contributed by atoms with Crippen LogP contribution in [0.4, 0.5) is 0 Å². The molecular formula is C18H22O4S. The highest BCUT2D eigenvalue weighted by Gasteiger charge is 2.63. The van der Waals surface area contributed by atoms with Crippen LogP contribution in [-0.4, -0.2) is 18.8 Å². The molecule has 23 heavy (non-hydrogen) atoms. The lowest BCUT2D eigenvalue weighted by molar-refractivity contribution is -0.125. The molecule has 1 N–H and O–H groups in total. The molecule has 4 nitrogen and oxygen atoms in total. The summed E-state index contributed by atoms with van der Waals surface area (Å²) in [6.45, 7) is 8.00. The summed E-state index contributed by atoms with van der Waals surface area (Å²) in [4.78, 5) is 12.7. The normalized spacial score (nSPS) is 31.1. The molecule has 2 fully saturated rings. The van der Waals surface area contributed by atoms with Crippen molar-refractivity contribution in [1.29, 1.82) is 0 Å². The summed E-state index contributed by atoms with van der Waals surface area (Å²) in [5.74, 6) is 0.246. The van der Waals surface area contributed by atoms with E-state index in [2.05, 4.69) is 13.8 Å². The molecule has 2 aliphatic rings. The van der Waals surface area contributed by atoms with E-state index in [0.717, 1.165) is 18.4 Å². The van der Waals surface area contributed by atoms with Crippen LogP contribution in [0, 0.1) is 23.7 Å². The first kappa shape index (κ1) is 16.4. The standard InChI is InChI=1S/C18H22O4S/c1-11-5-6-12(15(9-11)23(20,21)22)10-13-14-7-8-18(4,16(13)19)17(14,2)3/h5-6,9-10,14H,7-8H2,1-4H3,(H,20,21,22)/t14?,18-/m0/s1. The largest absolute Gasteiger partial charge is 0.295 e. The van der Waals surface area contributed by atoms with Crippen LogP contribution in [0.3, 0.4) is 0 Å². The van der Waals surface area contributed by atoms with Crippen molar-refractivity contribution in [2.24, 2.45) is 16.7 Å². The van der Waals surface area contributed by atoms with E-state index in [9.17, 15) is 17.8 Å². The van der Waals surface area contributed by atoms with E-state index in [4.69, 9.17) is 0 Å². The van der Waals surface area contributed by atoms with E-state index in [-0.39, 0.29) is 27.4 Å². The molecule has 1 aromatic carbocycles.